The maximum absolute atomic E-state index is 8.67. The van der Waals surface area contributed by atoms with Gasteiger partial charge in [0, 0.05) is 5.92 Å². The van der Waals surface area contributed by atoms with E-state index in [1.165, 1.54) is 0 Å². The molecule has 1 aliphatic rings. The van der Waals surface area contributed by atoms with E-state index < -0.39 is 0 Å². The summed E-state index contributed by atoms with van der Waals surface area (Å²) in [6.07, 6.45) is 4.91. The zero-order chi connectivity index (χ0) is 8.97. The fourth-order valence-corrected chi connectivity index (χ4v) is 1.71. The minimum absolute atomic E-state index is 0.289. The van der Waals surface area contributed by atoms with Crippen LogP contribution in [0.1, 0.15) is 39.5 Å². The Morgan fingerprint density at radius 1 is 1.25 bits per heavy atom. The summed E-state index contributed by atoms with van der Waals surface area (Å²) in [4.78, 5) is 0. The first-order valence-corrected chi connectivity index (χ1v) is 4.77. The second-order valence-electron chi connectivity index (χ2n) is 3.79. The Morgan fingerprint density at radius 3 is 2.25 bits per heavy atom. The highest BCUT2D eigenvalue weighted by molar-refractivity contribution is 4.87. The molecule has 0 heterocycles. The van der Waals surface area contributed by atoms with Gasteiger partial charge >= 0.3 is 0 Å². The Labute approximate surface area is 74.5 Å². The van der Waals surface area contributed by atoms with Gasteiger partial charge in [0.1, 0.15) is 0 Å². The standard InChI is InChI=1S/C10H17NO/c1-8(2)12-10-5-3-9(7-11)4-6-10/h8-10H,3-6H2,1-2H3. The summed E-state index contributed by atoms with van der Waals surface area (Å²) in [5.74, 6) is 0.289. The molecule has 0 spiro atoms. The Kier molecular flexibility index (Phi) is 3.55. The monoisotopic (exact) mass is 167 g/mol. The summed E-state index contributed by atoms with van der Waals surface area (Å²) in [6.45, 7) is 4.13. The molecule has 0 radical (unpaired) electrons. The van der Waals surface area contributed by atoms with Gasteiger partial charge in [-0.25, -0.2) is 0 Å². The van der Waals surface area contributed by atoms with E-state index in [1.807, 2.05) is 0 Å². The molecule has 1 rings (SSSR count). The lowest BCUT2D eigenvalue weighted by atomic mass is 9.88. The molecule has 1 saturated carbocycles. The SMILES string of the molecule is CC(C)OC1CCC(C#N)CC1. The van der Waals surface area contributed by atoms with E-state index in [1.54, 1.807) is 0 Å². The highest BCUT2D eigenvalue weighted by Gasteiger charge is 2.21. The van der Waals surface area contributed by atoms with E-state index in [9.17, 15) is 0 Å². The van der Waals surface area contributed by atoms with Crippen molar-refractivity contribution in [2.75, 3.05) is 0 Å². The number of rotatable bonds is 2. The lowest BCUT2D eigenvalue weighted by Gasteiger charge is -2.26. The molecule has 0 aromatic carbocycles. The highest BCUT2D eigenvalue weighted by Crippen LogP contribution is 2.26. The molecular weight excluding hydrogens is 150 g/mol. The van der Waals surface area contributed by atoms with Crippen molar-refractivity contribution in [1.82, 2.24) is 0 Å². The highest BCUT2D eigenvalue weighted by atomic mass is 16.5. The van der Waals surface area contributed by atoms with Crippen LogP contribution in [0.4, 0.5) is 0 Å². The average Bonchev–Trinajstić information content (AvgIpc) is 2.05. The zero-order valence-corrected chi connectivity index (χ0v) is 7.92. The van der Waals surface area contributed by atoms with E-state index >= 15 is 0 Å². The Morgan fingerprint density at radius 2 is 1.83 bits per heavy atom. The molecule has 0 saturated heterocycles. The predicted molar refractivity (Wildman–Crippen MR) is 47.6 cm³/mol. The Bertz CT molecular complexity index is 163. The van der Waals surface area contributed by atoms with Gasteiger partial charge in [-0.3, -0.25) is 0 Å². The van der Waals surface area contributed by atoms with Crippen LogP contribution in [0.5, 0.6) is 0 Å². The van der Waals surface area contributed by atoms with Gasteiger partial charge in [0.25, 0.3) is 0 Å². The molecule has 0 unspecified atom stereocenters. The fraction of sp³-hybridized carbons (Fsp3) is 0.900. The second kappa shape index (κ2) is 4.47. The molecule has 0 aliphatic heterocycles. The van der Waals surface area contributed by atoms with Crippen LogP contribution in [0.2, 0.25) is 0 Å². The van der Waals surface area contributed by atoms with Crippen LogP contribution in [-0.2, 0) is 4.74 Å². The molecule has 0 amide bonds. The lowest BCUT2D eigenvalue weighted by Crippen LogP contribution is -2.23. The van der Waals surface area contributed by atoms with Gasteiger partial charge in [-0.1, -0.05) is 0 Å². The van der Waals surface area contributed by atoms with Crippen LogP contribution in [-0.4, -0.2) is 12.2 Å². The zero-order valence-electron chi connectivity index (χ0n) is 7.92. The molecule has 1 fully saturated rings. The van der Waals surface area contributed by atoms with Crippen molar-refractivity contribution in [3.8, 4) is 6.07 Å². The van der Waals surface area contributed by atoms with Gasteiger partial charge in [-0.15, -0.1) is 0 Å². The number of hydrogen-bond donors (Lipinski definition) is 0. The topological polar surface area (TPSA) is 33.0 Å². The summed E-state index contributed by atoms with van der Waals surface area (Å²) in [7, 11) is 0. The van der Waals surface area contributed by atoms with E-state index in [0.717, 1.165) is 25.7 Å². The number of nitriles is 1. The largest absolute Gasteiger partial charge is 0.376 e. The van der Waals surface area contributed by atoms with Gasteiger partial charge in [-0.05, 0) is 39.5 Å². The molecule has 2 heteroatoms. The molecule has 68 valence electrons. The third-order valence-corrected chi connectivity index (χ3v) is 2.32. The summed E-state index contributed by atoms with van der Waals surface area (Å²) in [5, 5.41) is 8.67. The van der Waals surface area contributed by atoms with Crippen molar-refractivity contribution in [1.29, 1.82) is 5.26 Å². The molecule has 2 nitrogen and oxygen atoms in total. The predicted octanol–water partition coefficient (Wildman–Crippen LogP) is 2.49. The van der Waals surface area contributed by atoms with Crippen LogP contribution in [0.3, 0.4) is 0 Å². The Hall–Kier alpha value is -0.550. The molecule has 0 bridgehead atoms. The van der Waals surface area contributed by atoms with Crippen LogP contribution < -0.4 is 0 Å². The van der Waals surface area contributed by atoms with E-state index in [0.29, 0.717) is 12.2 Å². The number of nitrogens with zero attached hydrogens (tertiary/aromatic N) is 1. The molecule has 1 aliphatic carbocycles. The third kappa shape index (κ3) is 2.83. The van der Waals surface area contributed by atoms with Gasteiger partial charge in [-0.2, -0.15) is 5.26 Å². The molecule has 0 atom stereocenters. The Balaban J connectivity index is 2.23. The van der Waals surface area contributed by atoms with Crippen molar-refractivity contribution >= 4 is 0 Å². The van der Waals surface area contributed by atoms with Gasteiger partial charge < -0.3 is 4.74 Å². The normalized spacial score (nSPS) is 30.2. The quantitative estimate of drug-likeness (QED) is 0.633. The summed E-state index contributed by atoms with van der Waals surface area (Å²) >= 11 is 0. The van der Waals surface area contributed by atoms with Crippen molar-refractivity contribution in [2.24, 2.45) is 5.92 Å². The van der Waals surface area contributed by atoms with Crippen LogP contribution in [0, 0.1) is 17.2 Å². The van der Waals surface area contributed by atoms with Gasteiger partial charge in [0.05, 0.1) is 18.3 Å². The first-order chi connectivity index (χ1) is 5.72. The smallest absolute Gasteiger partial charge is 0.0655 e. The minimum Gasteiger partial charge on any atom is -0.376 e. The maximum atomic E-state index is 8.67. The first-order valence-electron chi connectivity index (χ1n) is 4.77. The van der Waals surface area contributed by atoms with Crippen LogP contribution >= 0.6 is 0 Å². The van der Waals surface area contributed by atoms with Crippen molar-refractivity contribution < 1.29 is 4.74 Å². The molecule has 0 aromatic heterocycles. The molecular formula is C10H17NO. The second-order valence-corrected chi connectivity index (χ2v) is 3.79. The van der Waals surface area contributed by atoms with Gasteiger partial charge in [0.15, 0.2) is 0 Å². The van der Waals surface area contributed by atoms with E-state index in [-0.39, 0.29) is 5.92 Å². The third-order valence-electron chi connectivity index (χ3n) is 2.32. The lowest BCUT2D eigenvalue weighted by molar-refractivity contribution is -0.0160. The summed E-state index contributed by atoms with van der Waals surface area (Å²) < 4.78 is 5.67. The fourth-order valence-electron chi connectivity index (χ4n) is 1.71. The first kappa shape index (κ1) is 9.54. The maximum Gasteiger partial charge on any atom is 0.0655 e. The number of hydrogen-bond acceptors (Lipinski definition) is 2. The minimum atomic E-state index is 0.289. The summed E-state index contributed by atoms with van der Waals surface area (Å²) in [5.41, 5.74) is 0. The van der Waals surface area contributed by atoms with E-state index in [4.69, 9.17) is 10.00 Å². The van der Waals surface area contributed by atoms with Crippen LogP contribution in [0.15, 0.2) is 0 Å². The molecule has 0 N–H and O–H groups in total. The molecule has 0 aromatic rings. The van der Waals surface area contributed by atoms with Crippen molar-refractivity contribution in [3.63, 3.8) is 0 Å². The van der Waals surface area contributed by atoms with Gasteiger partial charge in [0.2, 0.25) is 0 Å². The van der Waals surface area contributed by atoms with Crippen molar-refractivity contribution in [2.45, 2.75) is 51.7 Å². The number of ether oxygens (including phenoxy) is 1. The molecule has 12 heavy (non-hydrogen) atoms. The summed E-state index contributed by atoms with van der Waals surface area (Å²) in [6, 6.07) is 2.32. The van der Waals surface area contributed by atoms with E-state index in [2.05, 4.69) is 19.9 Å². The average molecular weight is 167 g/mol. The van der Waals surface area contributed by atoms with Crippen LogP contribution in [0.25, 0.3) is 0 Å². The van der Waals surface area contributed by atoms with Crippen molar-refractivity contribution in [3.05, 3.63) is 0 Å².